The monoisotopic (exact) mass is 459 g/mol. The molecule has 2 heterocycles. The molecule has 0 fully saturated rings. The van der Waals surface area contributed by atoms with Gasteiger partial charge in [0, 0.05) is 59.3 Å². The predicted molar refractivity (Wildman–Crippen MR) is 114 cm³/mol. The number of benzene rings is 2. The van der Waals surface area contributed by atoms with E-state index in [2.05, 4.69) is 79.9 Å². The average molecular weight is 459 g/mol. The molecular formula is C20H18IN3S. The predicted octanol–water partition coefficient (Wildman–Crippen LogP) is 5.77. The Morgan fingerprint density at radius 2 is 1.96 bits per heavy atom. The molecule has 0 saturated heterocycles. The lowest BCUT2D eigenvalue weighted by molar-refractivity contribution is 0.601. The summed E-state index contributed by atoms with van der Waals surface area (Å²) in [6, 6.07) is 19.7. The van der Waals surface area contributed by atoms with Gasteiger partial charge in [0.1, 0.15) is 0 Å². The summed E-state index contributed by atoms with van der Waals surface area (Å²) in [5.74, 6) is 0.458. The molecule has 0 saturated carbocycles. The quantitative estimate of drug-likeness (QED) is 0.398. The van der Waals surface area contributed by atoms with Gasteiger partial charge in [0.15, 0.2) is 0 Å². The van der Waals surface area contributed by atoms with Crippen LogP contribution in [0, 0.1) is 11.3 Å². The van der Waals surface area contributed by atoms with E-state index in [1.807, 2.05) is 12.1 Å². The van der Waals surface area contributed by atoms with Crippen molar-refractivity contribution in [3.63, 3.8) is 0 Å². The molecule has 1 N–H and O–H groups in total. The first-order chi connectivity index (χ1) is 12.2. The number of halogens is 1. The van der Waals surface area contributed by atoms with Crippen LogP contribution in [0.15, 0.2) is 48.5 Å². The highest BCUT2D eigenvalue weighted by atomic mass is 127. The van der Waals surface area contributed by atoms with E-state index in [0.29, 0.717) is 18.4 Å². The lowest BCUT2D eigenvalue weighted by Gasteiger charge is -2.26. The van der Waals surface area contributed by atoms with Crippen molar-refractivity contribution in [2.45, 2.75) is 31.7 Å². The highest BCUT2D eigenvalue weighted by molar-refractivity contribution is 14.2. The third-order valence-electron chi connectivity index (χ3n) is 5.19. The molecule has 1 aromatic heterocycles. The second kappa shape index (κ2) is 6.93. The number of para-hydroxylation sites is 2. The zero-order valence-corrected chi connectivity index (χ0v) is 16.8. The number of fused-ring (bicyclic) bond motifs is 2. The summed E-state index contributed by atoms with van der Waals surface area (Å²) < 4.78 is 2.42. The minimum absolute atomic E-state index is 0.379. The van der Waals surface area contributed by atoms with E-state index in [1.165, 1.54) is 22.3 Å². The van der Waals surface area contributed by atoms with Gasteiger partial charge in [-0.25, -0.2) is 0 Å². The highest BCUT2D eigenvalue weighted by Gasteiger charge is 2.36. The molecule has 0 aliphatic carbocycles. The van der Waals surface area contributed by atoms with Crippen LogP contribution in [0.3, 0.4) is 0 Å². The molecule has 25 heavy (non-hydrogen) atoms. The van der Waals surface area contributed by atoms with Gasteiger partial charge in [0.25, 0.3) is 0 Å². The summed E-state index contributed by atoms with van der Waals surface area (Å²) in [6.07, 6.45) is 1.36. The van der Waals surface area contributed by atoms with Crippen LogP contribution in [0.1, 0.15) is 29.7 Å². The first-order valence-corrected chi connectivity index (χ1v) is 11.7. The Kier molecular flexibility index (Phi) is 4.65. The van der Waals surface area contributed by atoms with Crippen molar-refractivity contribution < 1.29 is 0 Å². The van der Waals surface area contributed by atoms with Crippen LogP contribution < -0.4 is 4.31 Å². The van der Waals surface area contributed by atoms with Crippen molar-refractivity contribution in [3.8, 4) is 6.07 Å². The molecule has 3 nitrogen and oxygen atoms in total. The fourth-order valence-electron chi connectivity index (χ4n) is 3.93. The van der Waals surface area contributed by atoms with Crippen LogP contribution in [0.2, 0.25) is 0 Å². The van der Waals surface area contributed by atoms with Crippen LogP contribution in [-0.2, 0) is 12.8 Å². The number of H-pyrrole nitrogens is 1. The molecule has 0 radical (unpaired) electrons. The van der Waals surface area contributed by atoms with E-state index in [1.54, 1.807) is 9.12 Å². The number of nitrogens with one attached hydrogen (secondary N) is 1. The van der Waals surface area contributed by atoms with Gasteiger partial charge in [-0.15, -0.1) is 0 Å². The van der Waals surface area contributed by atoms with Gasteiger partial charge in [0.2, 0.25) is 0 Å². The minimum Gasteiger partial charge on any atom is -0.358 e. The maximum absolute atomic E-state index is 9.30. The van der Waals surface area contributed by atoms with Gasteiger partial charge in [-0.2, -0.15) is 5.26 Å². The molecule has 5 heteroatoms. The van der Waals surface area contributed by atoms with E-state index in [4.69, 9.17) is 0 Å². The molecule has 126 valence electrons. The molecule has 2 unspecified atom stereocenters. The Morgan fingerprint density at radius 3 is 2.76 bits per heavy atom. The van der Waals surface area contributed by atoms with E-state index < -0.39 is 0 Å². The first-order valence-electron chi connectivity index (χ1n) is 8.37. The number of nitriles is 1. The molecule has 2 atom stereocenters. The van der Waals surface area contributed by atoms with E-state index in [0.717, 1.165) is 17.5 Å². The smallest absolute Gasteiger partial charge is 0.0670 e. The zero-order chi connectivity index (χ0) is 17.4. The van der Waals surface area contributed by atoms with E-state index in [9.17, 15) is 5.26 Å². The van der Waals surface area contributed by atoms with Crippen molar-refractivity contribution in [1.82, 2.24) is 4.98 Å². The van der Waals surface area contributed by atoms with E-state index >= 15 is 0 Å². The minimum atomic E-state index is 0.379. The lowest BCUT2D eigenvalue weighted by Crippen LogP contribution is -2.29. The van der Waals surface area contributed by atoms with Gasteiger partial charge in [-0.3, -0.25) is 0 Å². The summed E-state index contributed by atoms with van der Waals surface area (Å²) in [5.41, 5.74) is 6.20. The number of nitrogens with zero attached hydrogens (tertiary/aromatic N) is 2. The van der Waals surface area contributed by atoms with Gasteiger partial charge in [0.05, 0.1) is 24.2 Å². The summed E-state index contributed by atoms with van der Waals surface area (Å²) in [5, 5.41) is 10.5. The average Bonchev–Trinajstić information content (AvgIpc) is 3.12. The van der Waals surface area contributed by atoms with Crippen molar-refractivity contribution >= 4 is 46.9 Å². The molecule has 1 aliphatic rings. The normalized spacial score (nSPS) is 19.2. The Labute approximate surface area is 164 Å². The highest BCUT2D eigenvalue weighted by Crippen LogP contribution is 2.47. The summed E-state index contributed by atoms with van der Waals surface area (Å²) in [4.78, 5) is 3.58. The van der Waals surface area contributed by atoms with Crippen molar-refractivity contribution in [1.29, 1.82) is 5.26 Å². The number of anilines is 1. The second-order valence-electron chi connectivity index (χ2n) is 6.48. The standard InChI is InChI=1S/C20H18IN3S/c1-13-14-6-3-5-9-19(14)24(25-21)20(13)12-18-16(10-11-22)15-7-2-4-8-17(15)23-18/h2-9,13,20,23H,10,12H2,1H3. The number of rotatable bonds is 4. The molecule has 3 aromatic rings. The fraction of sp³-hybridized carbons (Fsp3) is 0.250. The maximum atomic E-state index is 9.30. The lowest BCUT2D eigenvalue weighted by atomic mass is 9.93. The third kappa shape index (κ3) is 2.81. The Morgan fingerprint density at radius 1 is 1.20 bits per heavy atom. The van der Waals surface area contributed by atoms with Crippen LogP contribution in [0.4, 0.5) is 5.69 Å². The Bertz CT molecular complexity index is 959. The molecular weight excluding hydrogens is 441 g/mol. The first kappa shape index (κ1) is 16.8. The number of aromatic nitrogens is 1. The van der Waals surface area contributed by atoms with Crippen LogP contribution in [0.5, 0.6) is 0 Å². The second-order valence-corrected chi connectivity index (χ2v) is 8.19. The maximum Gasteiger partial charge on any atom is 0.0670 e. The topological polar surface area (TPSA) is 42.8 Å². The number of hydrogen-bond acceptors (Lipinski definition) is 3. The number of hydrogen-bond donors (Lipinski definition) is 1. The van der Waals surface area contributed by atoms with Crippen LogP contribution in [0.25, 0.3) is 10.9 Å². The molecule has 2 aromatic carbocycles. The van der Waals surface area contributed by atoms with Gasteiger partial charge < -0.3 is 9.29 Å². The summed E-state index contributed by atoms with van der Waals surface area (Å²) in [7, 11) is 1.76. The summed E-state index contributed by atoms with van der Waals surface area (Å²) >= 11 is 2.37. The van der Waals surface area contributed by atoms with Crippen LogP contribution >= 0.6 is 30.3 Å². The largest absolute Gasteiger partial charge is 0.358 e. The van der Waals surface area contributed by atoms with Gasteiger partial charge in [-0.1, -0.05) is 43.3 Å². The Hall–Kier alpha value is -1.65. The summed E-state index contributed by atoms with van der Waals surface area (Å²) in [6.45, 7) is 2.31. The molecule has 0 bridgehead atoms. The van der Waals surface area contributed by atoms with E-state index in [-0.39, 0.29) is 0 Å². The van der Waals surface area contributed by atoms with Gasteiger partial charge in [-0.05, 0) is 23.3 Å². The number of aromatic amines is 1. The SMILES string of the molecule is CC1c2ccccc2N(SI)C1Cc1[nH]c2ccccc2c1CC#N. The molecule has 0 spiro atoms. The van der Waals surface area contributed by atoms with Crippen molar-refractivity contribution in [3.05, 3.63) is 65.4 Å². The third-order valence-corrected chi connectivity index (χ3v) is 7.08. The zero-order valence-electron chi connectivity index (χ0n) is 13.9. The van der Waals surface area contributed by atoms with Crippen molar-refractivity contribution in [2.24, 2.45) is 0 Å². The Balaban J connectivity index is 1.74. The molecule has 1 aliphatic heterocycles. The molecule has 0 amide bonds. The van der Waals surface area contributed by atoms with Crippen molar-refractivity contribution in [2.75, 3.05) is 4.31 Å². The fourth-order valence-corrected chi connectivity index (χ4v) is 6.04. The van der Waals surface area contributed by atoms with Gasteiger partial charge >= 0.3 is 0 Å². The molecule has 4 rings (SSSR count). The van der Waals surface area contributed by atoms with Crippen LogP contribution in [-0.4, -0.2) is 11.0 Å².